The Hall–Kier alpha value is -1.91. The van der Waals surface area contributed by atoms with E-state index in [-0.39, 0.29) is 5.56 Å². The maximum absolute atomic E-state index is 11.4. The molecule has 14 heavy (non-hydrogen) atoms. The largest absolute Gasteiger partial charge is 0.294 e. The molecule has 0 amide bonds. The zero-order chi connectivity index (χ0) is 10.1. The van der Waals surface area contributed by atoms with E-state index >= 15 is 0 Å². The second-order valence-electron chi connectivity index (χ2n) is 3.13. The van der Waals surface area contributed by atoms with Crippen LogP contribution in [-0.4, -0.2) is 19.7 Å². The van der Waals surface area contributed by atoms with Gasteiger partial charge in [0.25, 0.3) is 5.56 Å². The number of aryl methyl sites for hydroxylation is 2. The lowest BCUT2D eigenvalue weighted by Gasteiger charge is -2.00. The van der Waals surface area contributed by atoms with Gasteiger partial charge in [-0.2, -0.15) is 0 Å². The number of aromatic amines is 1. The molecule has 0 bridgehead atoms. The van der Waals surface area contributed by atoms with Crippen molar-refractivity contribution >= 4 is 0 Å². The van der Waals surface area contributed by atoms with Crippen LogP contribution in [0.5, 0.6) is 0 Å². The summed E-state index contributed by atoms with van der Waals surface area (Å²) in [5.41, 5.74) is 1.53. The molecule has 0 fully saturated rings. The predicted octanol–water partition coefficient (Wildman–Crippen LogP) is 0.572. The normalized spacial score (nSPS) is 10.4. The molecule has 72 valence electrons. The van der Waals surface area contributed by atoms with Gasteiger partial charge in [-0.3, -0.25) is 9.89 Å². The third kappa shape index (κ3) is 1.44. The van der Waals surface area contributed by atoms with Crippen molar-refractivity contribution in [1.29, 1.82) is 0 Å². The molecule has 2 heterocycles. The number of aromatic nitrogens is 4. The van der Waals surface area contributed by atoms with Gasteiger partial charge in [-0.15, -0.1) is 0 Å². The van der Waals surface area contributed by atoms with E-state index in [1.165, 1.54) is 17.1 Å². The van der Waals surface area contributed by atoms with E-state index in [2.05, 4.69) is 15.1 Å². The van der Waals surface area contributed by atoms with Gasteiger partial charge in [0, 0.05) is 23.5 Å². The topological polar surface area (TPSA) is 63.6 Å². The Bertz CT molecular complexity index is 512. The summed E-state index contributed by atoms with van der Waals surface area (Å²) in [5.74, 6) is 0.565. The van der Waals surface area contributed by atoms with Crippen LogP contribution in [0.1, 0.15) is 11.4 Å². The highest BCUT2D eigenvalue weighted by Crippen LogP contribution is 2.00. The highest BCUT2D eigenvalue weighted by Gasteiger charge is 2.03. The molecule has 5 heteroatoms. The standard InChI is InChI=1S/C9H10N4O/c1-6-3-8(11-5-10-6)13-9(14)4-7(2)12-13/h3-5,12H,1-2H3. The second-order valence-corrected chi connectivity index (χ2v) is 3.13. The van der Waals surface area contributed by atoms with E-state index in [1.54, 1.807) is 6.07 Å². The van der Waals surface area contributed by atoms with E-state index in [9.17, 15) is 4.79 Å². The van der Waals surface area contributed by atoms with Gasteiger partial charge in [-0.05, 0) is 13.8 Å². The monoisotopic (exact) mass is 190 g/mol. The lowest BCUT2D eigenvalue weighted by atomic mass is 10.4. The van der Waals surface area contributed by atoms with Crippen molar-refractivity contribution in [3.05, 3.63) is 40.2 Å². The SMILES string of the molecule is Cc1cc(-n2[nH]c(C)cc2=O)ncn1. The highest BCUT2D eigenvalue weighted by molar-refractivity contribution is 5.22. The summed E-state index contributed by atoms with van der Waals surface area (Å²) in [5, 5.41) is 2.90. The van der Waals surface area contributed by atoms with Crippen molar-refractivity contribution in [2.24, 2.45) is 0 Å². The molecule has 2 aromatic rings. The van der Waals surface area contributed by atoms with Gasteiger partial charge in [0.2, 0.25) is 0 Å². The molecule has 5 nitrogen and oxygen atoms in total. The van der Waals surface area contributed by atoms with Crippen LogP contribution in [0, 0.1) is 13.8 Å². The minimum atomic E-state index is -0.111. The predicted molar refractivity (Wildman–Crippen MR) is 51.5 cm³/mol. The number of hydrogen-bond acceptors (Lipinski definition) is 3. The fourth-order valence-electron chi connectivity index (χ4n) is 1.25. The van der Waals surface area contributed by atoms with Crippen LogP contribution in [0.3, 0.4) is 0 Å². The number of H-pyrrole nitrogens is 1. The van der Waals surface area contributed by atoms with Gasteiger partial charge < -0.3 is 0 Å². The molecule has 2 aromatic heterocycles. The van der Waals surface area contributed by atoms with E-state index < -0.39 is 0 Å². The molecule has 0 atom stereocenters. The molecule has 0 aromatic carbocycles. The maximum atomic E-state index is 11.4. The van der Waals surface area contributed by atoms with Crippen molar-refractivity contribution < 1.29 is 0 Å². The average molecular weight is 190 g/mol. The van der Waals surface area contributed by atoms with E-state index in [0.717, 1.165) is 11.4 Å². The zero-order valence-corrected chi connectivity index (χ0v) is 7.98. The third-order valence-corrected chi connectivity index (χ3v) is 1.87. The average Bonchev–Trinajstić information content (AvgIpc) is 2.45. The zero-order valence-electron chi connectivity index (χ0n) is 7.98. The number of hydrogen-bond donors (Lipinski definition) is 1. The van der Waals surface area contributed by atoms with Gasteiger partial charge in [0.15, 0.2) is 5.82 Å². The number of nitrogens with zero attached hydrogens (tertiary/aromatic N) is 3. The Balaban J connectivity index is 2.60. The molecule has 0 saturated carbocycles. The molecule has 0 aliphatic rings. The molecule has 0 unspecified atom stereocenters. The van der Waals surface area contributed by atoms with E-state index in [1.807, 2.05) is 13.8 Å². The minimum absolute atomic E-state index is 0.111. The summed E-state index contributed by atoms with van der Waals surface area (Å²) in [6.45, 7) is 3.68. The third-order valence-electron chi connectivity index (χ3n) is 1.87. The van der Waals surface area contributed by atoms with E-state index in [0.29, 0.717) is 5.82 Å². The molecular weight excluding hydrogens is 180 g/mol. The van der Waals surface area contributed by atoms with Crippen molar-refractivity contribution in [2.45, 2.75) is 13.8 Å². The van der Waals surface area contributed by atoms with E-state index in [4.69, 9.17) is 0 Å². The fourth-order valence-corrected chi connectivity index (χ4v) is 1.25. The van der Waals surface area contributed by atoms with Crippen molar-refractivity contribution in [2.75, 3.05) is 0 Å². The lowest BCUT2D eigenvalue weighted by Crippen LogP contribution is -2.15. The molecule has 0 aliphatic carbocycles. The number of rotatable bonds is 1. The summed E-state index contributed by atoms with van der Waals surface area (Å²) in [4.78, 5) is 19.4. The Morgan fingerprint density at radius 3 is 2.64 bits per heavy atom. The van der Waals surface area contributed by atoms with Gasteiger partial charge in [-0.1, -0.05) is 0 Å². The highest BCUT2D eigenvalue weighted by atomic mass is 16.1. The summed E-state index contributed by atoms with van der Waals surface area (Å²) < 4.78 is 1.39. The quantitative estimate of drug-likeness (QED) is 0.715. The molecule has 0 radical (unpaired) electrons. The first-order chi connectivity index (χ1) is 6.66. The van der Waals surface area contributed by atoms with Crippen LogP contribution in [0.2, 0.25) is 0 Å². The van der Waals surface area contributed by atoms with Crippen LogP contribution in [0.15, 0.2) is 23.3 Å². The van der Waals surface area contributed by atoms with Crippen molar-refractivity contribution in [3.8, 4) is 5.82 Å². The minimum Gasteiger partial charge on any atom is -0.294 e. The van der Waals surface area contributed by atoms with Crippen LogP contribution >= 0.6 is 0 Å². The Morgan fingerprint density at radius 1 is 1.29 bits per heavy atom. The summed E-state index contributed by atoms with van der Waals surface area (Å²) in [6.07, 6.45) is 1.44. The second kappa shape index (κ2) is 3.10. The van der Waals surface area contributed by atoms with Gasteiger partial charge in [0.1, 0.15) is 6.33 Å². The fraction of sp³-hybridized carbons (Fsp3) is 0.222. The molecule has 0 aliphatic heterocycles. The molecule has 0 saturated heterocycles. The Morgan fingerprint density at radius 2 is 2.07 bits per heavy atom. The molecular formula is C9H10N4O. The van der Waals surface area contributed by atoms with Gasteiger partial charge in [-0.25, -0.2) is 14.6 Å². The lowest BCUT2D eigenvalue weighted by molar-refractivity contribution is 0.798. The summed E-state index contributed by atoms with van der Waals surface area (Å²) in [7, 11) is 0. The molecule has 0 spiro atoms. The van der Waals surface area contributed by atoms with Gasteiger partial charge in [0.05, 0.1) is 0 Å². The number of nitrogens with one attached hydrogen (secondary N) is 1. The van der Waals surface area contributed by atoms with Crippen LogP contribution < -0.4 is 5.56 Å². The van der Waals surface area contributed by atoms with Gasteiger partial charge >= 0.3 is 0 Å². The van der Waals surface area contributed by atoms with Crippen molar-refractivity contribution in [3.63, 3.8) is 0 Å². The van der Waals surface area contributed by atoms with Crippen LogP contribution in [0.25, 0.3) is 5.82 Å². The first-order valence-corrected chi connectivity index (χ1v) is 4.24. The van der Waals surface area contributed by atoms with Crippen LogP contribution in [0.4, 0.5) is 0 Å². The first-order valence-electron chi connectivity index (χ1n) is 4.24. The Kier molecular flexibility index (Phi) is 1.92. The molecule has 1 N–H and O–H groups in total. The first kappa shape index (κ1) is 8.68. The summed E-state index contributed by atoms with van der Waals surface area (Å²) >= 11 is 0. The van der Waals surface area contributed by atoms with Crippen molar-refractivity contribution in [1.82, 2.24) is 19.7 Å². The summed E-state index contributed by atoms with van der Waals surface area (Å²) in [6, 6.07) is 3.27. The van der Waals surface area contributed by atoms with Crippen LogP contribution in [-0.2, 0) is 0 Å². The smallest absolute Gasteiger partial charge is 0.272 e. The maximum Gasteiger partial charge on any atom is 0.272 e. The molecule has 2 rings (SSSR count). The Labute approximate surface area is 80.4 Å².